The molecule has 34 heavy (non-hydrogen) atoms. The largest absolute Gasteiger partial charge is 0.504 e. The van der Waals surface area contributed by atoms with E-state index in [1.807, 2.05) is 13.8 Å². The van der Waals surface area contributed by atoms with Crippen LogP contribution in [0.25, 0.3) is 12.2 Å². The molecule has 0 unspecified atom stereocenters. The molecular weight excluding hydrogens is 438 g/mol. The van der Waals surface area contributed by atoms with E-state index in [-0.39, 0.29) is 41.2 Å². The van der Waals surface area contributed by atoms with Gasteiger partial charge in [-0.05, 0) is 53.5 Å². The van der Waals surface area contributed by atoms with Gasteiger partial charge in [-0.1, -0.05) is 38.1 Å². The zero-order chi connectivity index (χ0) is 25.3. The molecule has 2 rings (SSSR count). The number of nitrogens with two attached hydrogens (primary N) is 1. The summed E-state index contributed by atoms with van der Waals surface area (Å²) >= 11 is 0. The molecule has 2 aromatic rings. The number of phenolic OH excluding ortho intramolecular Hbond substituents is 1. The van der Waals surface area contributed by atoms with Crippen molar-refractivity contribution in [1.29, 1.82) is 0 Å². The summed E-state index contributed by atoms with van der Waals surface area (Å²) in [6.07, 6.45) is 5.37. The van der Waals surface area contributed by atoms with Crippen LogP contribution in [0.2, 0.25) is 0 Å². The van der Waals surface area contributed by atoms with Crippen LogP contribution in [0, 0.1) is 5.92 Å². The van der Waals surface area contributed by atoms with Crippen LogP contribution in [0.3, 0.4) is 0 Å². The number of rotatable bonds is 11. The first kappa shape index (κ1) is 26.3. The molecule has 0 aliphatic carbocycles. The Morgan fingerprint density at radius 2 is 1.41 bits per heavy atom. The predicted octanol–water partition coefficient (Wildman–Crippen LogP) is 3.55. The van der Waals surface area contributed by atoms with Gasteiger partial charge in [-0.25, -0.2) is 4.79 Å². The summed E-state index contributed by atoms with van der Waals surface area (Å²) in [5.74, 6) is -0.586. The lowest BCUT2D eigenvalue weighted by Crippen LogP contribution is -2.38. The van der Waals surface area contributed by atoms with Crippen molar-refractivity contribution in [2.75, 3.05) is 14.2 Å². The van der Waals surface area contributed by atoms with Gasteiger partial charge in [0.05, 0.1) is 20.6 Å². The van der Waals surface area contributed by atoms with Crippen LogP contribution in [0.4, 0.5) is 0 Å². The van der Waals surface area contributed by atoms with Gasteiger partial charge in [0.15, 0.2) is 34.6 Å². The fourth-order valence-corrected chi connectivity index (χ4v) is 2.79. The van der Waals surface area contributed by atoms with Crippen molar-refractivity contribution >= 4 is 29.7 Å². The van der Waals surface area contributed by atoms with Crippen LogP contribution < -0.4 is 19.9 Å². The molecule has 1 atom stereocenters. The van der Waals surface area contributed by atoms with Gasteiger partial charge in [-0.2, -0.15) is 0 Å². The molecule has 0 saturated carbocycles. The van der Waals surface area contributed by atoms with Gasteiger partial charge in [-0.3, -0.25) is 9.59 Å². The van der Waals surface area contributed by atoms with E-state index in [1.54, 1.807) is 30.3 Å². The number of ketones is 2. The molecule has 0 aliphatic heterocycles. The lowest BCUT2D eigenvalue weighted by Gasteiger charge is -2.16. The summed E-state index contributed by atoms with van der Waals surface area (Å²) in [6.45, 7) is 3.64. The van der Waals surface area contributed by atoms with E-state index in [0.29, 0.717) is 16.9 Å². The van der Waals surface area contributed by atoms with Crippen molar-refractivity contribution in [2.45, 2.75) is 26.3 Å². The van der Waals surface area contributed by atoms with Crippen molar-refractivity contribution in [3.8, 4) is 23.0 Å². The van der Waals surface area contributed by atoms with Crippen LogP contribution in [-0.4, -0.2) is 42.9 Å². The van der Waals surface area contributed by atoms with E-state index >= 15 is 0 Å². The normalized spacial score (nSPS) is 12.2. The standard InChI is InChI=1S/C26H29NO7/c1-16(2)25(27)26(31)34-22-12-8-18(14-24(22)33-4)6-10-20(29)15-19(28)9-5-17-7-11-21(30)23(13-17)32-3/h5-14,16,25,30H,15,27H2,1-4H3/b9-5+,10-6+/t25-/m0/s1. The van der Waals surface area contributed by atoms with Crippen molar-refractivity contribution in [2.24, 2.45) is 11.7 Å². The molecule has 0 spiro atoms. The minimum Gasteiger partial charge on any atom is -0.504 e. The fourth-order valence-electron chi connectivity index (χ4n) is 2.79. The highest BCUT2D eigenvalue weighted by molar-refractivity contribution is 6.10. The molecule has 0 aliphatic rings. The number of hydrogen-bond acceptors (Lipinski definition) is 8. The lowest BCUT2D eigenvalue weighted by molar-refractivity contribution is -0.137. The number of benzene rings is 2. The SMILES string of the molecule is COc1cc(/C=C/C(=O)CC(=O)/C=C/c2ccc(OC(=O)[C@@H](N)C(C)C)c(OC)c2)ccc1O. The van der Waals surface area contributed by atoms with Gasteiger partial charge in [0.2, 0.25) is 0 Å². The summed E-state index contributed by atoms with van der Waals surface area (Å²) in [5.41, 5.74) is 7.08. The Morgan fingerprint density at radius 3 is 1.94 bits per heavy atom. The summed E-state index contributed by atoms with van der Waals surface area (Å²) in [6, 6.07) is 8.69. The number of allylic oxidation sites excluding steroid dienone is 2. The first-order valence-corrected chi connectivity index (χ1v) is 10.6. The molecule has 0 saturated heterocycles. The topological polar surface area (TPSA) is 125 Å². The molecule has 0 radical (unpaired) electrons. The molecule has 2 aromatic carbocycles. The highest BCUT2D eigenvalue weighted by Gasteiger charge is 2.21. The maximum Gasteiger partial charge on any atom is 0.328 e. The highest BCUT2D eigenvalue weighted by Crippen LogP contribution is 2.29. The van der Waals surface area contributed by atoms with E-state index in [9.17, 15) is 19.5 Å². The number of esters is 1. The minimum absolute atomic E-state index is 0.00625. The minimum atomic E-state index is -0.760. The smallest absolute Gasteiger partial charge is 0.328 e. The van der Waals surface area contributed by atoms with E-state index in [0.717, 1.165) is 0 Å². The molecule has 0 heterocycles. The maximum atomic E-state index is 12.2. The number of hydrogen-bond donors (Lipinski definition) is 2. The van der Waals surface area contributed by atoms with Gasteiger partial charge >= 0.3 is 5.97 Å². The zero-order valence-electron chi connectivity index (χ0n) is 19.6. The molecule has 8 heteroatoms. The first-order chi connectivity index (χ1) is 16.1. The Bertz CT molecular complexity index is 1100. The summed E-state index contributed by atoms with van der Waals surface area (Å²) in [4.78, 5) is 36.4. The Labute approximate surface area is 198 Å². The Kier molecular flexibility index (Phi) is 9.58. The third-order valence-electron chi connectivity index (χ3n) is 4.86. The molecular formula is C26H29NO7. The van der Waals surface area contributed by atoms with E-state index < -0.39 is 12.0 Å². The molecule has 180 valence electrons. The second-order valence-electron chi connectivity index (χ2n) is 7.81. The van der Waals surface area contributed by atoms with E-state index in [2.05, 4.69) is 0 Å². The van der Waals surface area contributed by atoms with Gasteiger partial charge in [0.1, 0.15) is 6.04 Å². The number of methoxy groups -OCH3 is 2. The van der Waals surface area contributed by atoms with Crippen LogP contribution >= 0.6 is 0 Å². The van der Waals surface area contributed by atoms with Crippen molar-refractivity contribution in [1.82, 2.24) is 0 Å². The molecule has 0 amide bonds. The molecule has 8 nitrogen and oxygen atoms in total. The Hall–Kier alpha value is -3.91. The third-order valence-corrected chi connectivity index (χ3v) is 4.86. The molecule has 0 bridgehead atoms. The number of phenols is 1. The summed E-state index contributed by atoms with van der Waals surface area (Å²) < 4.78 is 15.6. The average molecular weight is 468 g/mol. The highest BCUT2D eigenvalue weighted by atomic mass is 16.6. The summed E-state index contributed by atoms with van der Waals surface area (Å²) in [7, 11) is 2.86. The quantitative estimate of drug-likeness (QED) is 0.222. The number of carbonyl (C=O) groups is 3. The maximum absolute atomic E-state index is 12.2. The average Bonchev–Trinajstić information content (AvgIpc) is 2.82. The third kappa shape index (κ3) is 7.60. The van der Waals surface area contributed by atoms with Crippen LogP contribution in [-0.2, 0) is 14.4 Å². The second-order valence-corrected chi connectivity index (χ2v) is 7.81. The van der Waals surface area contributed by atoms with Crippen LogP contribution in [0.15, 0.2) is 48.6 Å². The van der Waals surface area contributed by atoms with Crippen molar-refractivity contribution in [3.63, 3.8) is 0 Å². The van der Waals surface area contributed by atoms with E-state index in [1.165, 1.54) is 44.6 Å². The number of carbonyl (C=O) groups excluding carboxylic acids is 3. The molecule has 3 N–H and O–H groups in total. The first-order valence-electron chi connectivity index (χ1n) is 10.6. The fraction of sp³-hybridized carbons (Fsp3) is 0.269. The number of aromatic hydroxyl groups is 1. The van der Waals surface area contributed by atoms with Crippen molar-refractivity contribution in [3.05, 3.63) is 59.7 Å². The van der Waals surface area contributed by atoms with Crippen molar-refractivity contribution < 1.29 is 33.7 Å². The Balaban J connectivity index is 1.99. The van der Waals surface area contributed by atoms with Gasteiger partial charge < -0.3 is 25.1 Å². The summed E-state index contributed by atoms with van der Waals surface area (Å²) in [5, 5.41) is 9.61. The van der Waals surface area contributed by atoms with Crippen LogP contribution in [0.5, 0.6) is 23.0 Å². The zero-order valence-corrected chi connectivity index (χ0v) is 19.6. The van der Waals surface area contributed by atoms with Gasteiger partial charge in [0, 0.05) is 0 Å². The van der Waals surface area contributed by atoms with Gasteiger partial charge in [-0.15, -0.1) is 0 Å². The molecule has 0 fully saturated rings. The van der Waals surface area contributed by atoms with Gasteiger partial charge in [0.25, 0.3) is 0 Å². The second kappa shape index (κ2) is 12.4. The van der Waals surface area contributed by atoms with E-state index in [4.69, 9.17) is 19.9 Å². The predicted molar refractivity (Wildman–Crippen MR) is 129 cm³/mol. The van der Waals surface area contributed by atoms with Crippen LogP contribution in [0.1, 0.15) is 31.4 Å². The monoisotopic (exact) mass is 467 g/mol. The number of ether oxygens (including phenoxy) is 3. The lowest BCUT2D eigenvalue weighted by atomic mass is 10.1. The molecule has 0 aromatic heterocycles. The Morgan fingerprint density at radius 1 is 0.882 bits per heavy atom.